The Morgan fingerprint density at radius 3 is 2.67 bits per heavy atom. The highest BCUT2D eigenvalue weighted by Crippen LogP contribution is 2.21. The third kappa shape index (κ3) is 3.99. The van der Waals surface area contributed by atoms with Gasteiger partial charge in [-0.1, -0.05) is 39.7 Å². The van der Waals surface area contributed by atoms with Crippen LogP contribution in [0.25, 0.3) is 0 Å². The molecule has 2 rings (SSSR count). The smallest absolute Gasteiger partial charge is 0.256 e. The third-order valence-electron chi connectivity index (χ3n) is 3.18. The van der Waals surface area contributed by atoms with Gasteiger partial charge in [0.05, 0.1) is 5.56 Å². The Morgan fingerprint density at radius 2 is 2.05 bits per heavy atom. The summed E-state index contributed by atoms with van der Waals surface area (Å²) in [6.45, 7) is 3.05. The van der Waals surface area contributed by atoms with E-state index in [9.17, 15) is 4.79 Å². The van der Waals surface area contributed by atoms with E-state index in [1.165, 1.54) is 0 Å². The molecular formula is C16H16BrClN2O. The third-order valence-corrected chi connectivity index (χ3v) is 3.90. The molecule has 0 spiro atoms. The number of nitrogen functional groups attached to an aromatic ring is 1. The first-order chi connectivity index (χ1) is 10.0. The van der Waals surface area contributed by atoms with E-state index in [4.69, 9.17) is 17.3 Å². The van der Waals surface area contributed by atoms with Crippen LogP contribution in [0.4, 0.5) is 5.69 Å². The maximum Gasteiger partial charge on any atom is 0.256 e. The Bertz CT molecular complexity index is 660. The number of anilines is 1. The van der Waals surface area contributed by atoms with Crippen LogP contribution in [-0.4, -0.2) is 17.4 Å². The minimum atomic E-state index is -0.0810. The number of hydrogen-bond acceptors (Lipinski definition) is 2. The number of amides is 1. The Labute approximate surface area is 137 Å². The van der Waals surface area contributed by atoms with E-state index in [0.29, 0.717) is 29.4 Å². The summed E-state index contributed by atoms with van der Waals surface area (Å²) in [6.07, 6.45) is 0. The molecule has 110 valence electrons. The summed E-state index contributed by atoms with van der Waals surface area (Å²) >= 11 is 9.32. The lowest BCUT2D eigenvalue weighted by Crippen LogP contribution is -2.30. The molecule has 0 radical (unpaired) electrons. The van der Waals surface area contributed by atoms with Crippen LogP contribution in [-0.2, 0) is 6.54 Å². The van der Waals surface area contributed by atoms with Crippen molar-refractivity contribution in [3.05, 3.63) is 63.1 Å². The lowest BCUT2D eigenvalue weighted by atomic mass is 10.1. The van der Waals surface area contributed by atoms with Gasteiger partial charge in [-0.25, -0.2) is 0 Å². The van der Waals surface area contributed by atoms with Crippen molar-refractivity contribution >= 4 is 39.1 Å². The van der Waals surface area contributed by atoms with Crippen LogP contribution in [0.5, 0.6) is 0 Å². The summed E-state index contributed by atoms with van der Waals surface area (Å²) in [5, 5.41) is 0.666. The molecule has 3 nitrogen and oxygen atoms in total. The first-order valence-electron chi connectivity index (χ1n) is 6.60. The molecule has 5 heteroatoms. The lowest BCUT2D eigenvalue weighted by molar-refractivity contribution is 0.0753. The zero-order valence-corrected chi connectivity index (χ0v) is 14.0. The number of halogens is 2. The molecule has 2 N–H and O–H groups in total. The normalized spacial score (nSPS) is 10.4. The summed E-state index contributed by atoms with van der Waals surface area (Å²) < 4.78 is 0.856. The van der Waals surface area contributed by atoms with Gasteiger partial charge in [0.1, 0.15) is 0 Å². The Morgan fingerprint density at radius 1 is 1.29 bits per heavy atom. The summed E-state index contributed by atoms with van der Waals surface area (Å²) in [5.74, 6) is -0.0810. The number of carbonyl (C=O) groups is 1. The molecule has 0 saturated heterocycles. The second kappa shape index (κ2) is 6.96. The van der Waals surface area contributed by atoms with E-state index in [1.807, 2.05) is 37.3 Å². The Hall–Kier alpha value is -1.52. The first kappa shape index (κ1) is 15.9. The SMILES string of the molecule is CCN(Cc1cccc(Cl)c1)C(=O)c1ccc(Br)cc1N. The van der Waals surface area contributed by atoms with Crippen molar-refractivity contribution in [2.24, 2.45) is 0 Å². The van der Waals surface area contributed by atoms with Gasteiger partial charge in [0.25, 0.3) is 5.91 Å². The highest BCUT2D eigenvalue weighted by molar-refractivity contribution is 9.10. The van der Waals surface area contributed by atoms with Crippen molar-refractivity contribution in [1.82, 2.24) is 4.90 Å². The minimum absolute atomic E-state index is 0.0810. The van der Waals surface area contributed by atoms with Gasteiger partial charge in [-0.2, -0.15) is 0 Å². The van der Waals surface area contributed by atoms with Crippen LogP contribution in [0.3, 0.4) is 0 Å². The molecule has 0 atom stereocenters. The van der Waals surface area contributed by atoms with Gasteiger partial charge in [0.2, 0.25) is 0 Å². The van der Waals surface area contributed by atoms with Gasteiger partial charge < -0.3 is 10.6 Å². The summed E-state index contributed by atoms with van der Waals surface area (Å²) in [6, 6.07) is 12.8. The largest absolute Gasteiger partial charge is 0.398 e. The fraction of sp³-hybridized carbons (Fsp3) is 0.188. The average Bonchev–Trinajstić information content (AvgIpc) is 2.44. The monoisotopic (exact) mass is 366 g/mol. The Kier molecular flexibility index (Phi) is 5.26. The van der Waals surface area contributed by atoms with Crippen molar-refractivity contribution in [3.8, 4) is 0 Å². The van der Waals surface area contributed by atoms with Gasteiger partial charge in [-0.05, 0) is 42.8 Å². The zero-order chi connectivity index (χ0) is 15.4. The molecule has 0 aromatic heterocycles. The van der Waals surface area contributed by atoms with Crippen molar-refractivity contribution in [3.63, 3.8) is 0 Å². The van der Waals surface area contributed by atoms with E-state index in [2.05, 4.69) is 15.9 Å². The quantitative estimate of drug-likeness (QED) is 0.817. The molecule has 0 aliphatic rings. The van der Waals surface area contributed by atoms with Crippen LogP contribution >= 0.6 is 27.5 Å². The molecule has 0 saturated carbocycles. The summed E-state index contributed by atoms with van der Waals surface area (Å²) in [7, 11) is 0. The van der Waals surface area contributed by atoms with E-state index >= 15 is 0 Å². The molecular weight excluding hydrogens is 352 g/mol. The van der Waals surface area contributed by atoms with Crippen LogP contribution < -0.4 is 5.73 Å². The fourth-order valence-corrected chi connectivity index (χ4v) is 2.67. The number of nitrogens with two attached hydrogens (primary N) is 1. The van der Waals surface area contributed by atoms with Gasteiger partial charge in [-0.3, -0.25) is 4.79 Å². The fourth-order valence-electron chi connectivity index (χ4n) is 2.08. The van der Waals surface area contributed by atoms with E-state index in [1.54, 1.807) is 17.0 Å². The van der Waals surface area contributed by atoms with Crippen LogP contribution in [0.1, 0.15) is 22.8 Å². The van der Waals surface area contributed by atoms with Crippen LogP contribution in [0.15, 0.2) is 46.9 Å². The predicted molar refractivity (Wildman–Crippen MR) is 90.4 cm³/mol. The van der Waals surface area contributed by atoms with E-state index in [0.717, 1.165) is 10.0 Å². The van der Waals surface area contributed by atoms with Gasteiger partial charge in [-0.15, -0.1) is 0 Å². The van der Waals surface area contributed by atoms with Crippen molar-refractivity contribution in [2.45, 2.75) is 13.5 Å². The lowest BCUT2D eigenvalue weighted by Gasteiger charge is -2.22. The van der Waals surface area contributed by atoms with Crippen LogP contribution in [0.2, 0.25) is 5.02 Å². The second-order valence-corrected chi connectivity index (χ2v) is 6.03. The Balaban J connectivity index is 2.22. The van der Waals surface area contributed by atoms with Gasteiger partial charge in [0, 0.05) is 28.3 Å². The topological polar surface area (TPSA) is 46.3 Å². The summed E-state index contributed by atoms with van der Waals surface area (Å²) in [5.41, 5.74) is 7.91. The molecule has 0 heterocycles. The maximum absolute atomic E-state index is 12.6. The average molecular weight is 368 g/mol. The number of rotatable bonds is 4. The first-order valence-corrected chi connectivity index (χ1v) is 7.77. The number of hydrogen-bond donors (Lipinski definition) is 1. The zero-order valence-electron chi connectivity index (χ0n) is 11.6. The molecule has 0 aliphatic heterocycles. The predicted octanol–water partition coefficient (Wildman–Crippen LogP) is 4.35. The number of benzene rings is 2. The maximum atomic E-state index is 12.6. The highest BCUT2D eigenvalue weighted by atomic mass is 79.9. The molecule has 21 heavy (non-hydrogen) atoms. The molecule has 2 aromatic carbocycles. The van der Waals surface area contributed by atoms with E-state index in [-0.39, 0.29) is 5.91 Å². The summed E-state index contributed by atoms with van der Waals surface area (Å²) in [4.78, 5) is 14.3. The molecule has 0 aliphatic carbocycles. The standard InChI is InChI=1S/C16H16BrClN2O/c1-2-20(10-11-4-3-5-13(18)8-11)16(21)14-7-6-12(17)9-15(14)19/h3-9H,2,10,19H2,1H3. The van der Waals surface area contributed by atoms with Crippen LogP contribution in [0, 0.1) is 0 Å². The van der Waals surface area contributed by atoms with Crippen molar-refractivity contribution in [2.75, 3.05) is 12.3 Å². The molecule has 0 fully saturated rings. The molecule has 0 bridgehead atoms. The van der Waals surface area contributed by atoms with Crippen molar-refractivity contribution in [1.29, 1.82) is 0 Å². The molecule has 1 amide bonds. The van der Waals surface area contributed by atoms with E-state index < -0.39 is 0 Å². The van der Waals surface area contributed by atoms with Gasteiger partial charge >= 0.3 is 0 Å². The number of nitrogens with zero attached hydrogens (tertiary/aromatic N) is 1. The molecule has 2 aromatic rings. The minimum Gasteiger partial charge on any atom is -0.398 e. The number of carbonyl (C=O) groups excluding carboxylic acids is 1. The highest BCUT2D eigenvalue weighted by Gasteiger charge is 2.17. The second-order valence-electron chi connectivity index (χ2n) is 4.68. The van der Waals surface area contributed by atoms with Gasteiger partial charge in [0.15, 0.2) is 0 Å². The van der Waals surface area contributed by atoms with Crippen molar-refractivity contribution < 1.29 is 4.79 Å². The molecule has 0 unspecified atom stereocenters.